The second-order valence-corrected chi connectivity index (χ2v) is 5.71. The minimum atomic E-state index is 0.488. The van der Waals surface area contributed by atoms with Crippen LogP contribution in [-0.2, 0) is 4.74 Å². The van der Waals surface area contributed by atoms with Crippen molar-refractivity contribution >= 4 is 15.9 Å². The standard InChI is InChI=1S/C12H22BrNO/c1-10-5-6-12(15-10)9-14(8-7-13)11-3-2-4-11/h10-12H,2-9H2,1H3. The Morgan fingerprint density at radius 2 is 2.07 bits per heavy atom. The van der Waals surface area contributed by atoms with Crippen molar-refractivity contribution in [3.8, 4) is 0 Å². The van der Waals surface area contributed by atoms with Gasteiger partial charge >= 0.3 is 0 Å². The molecule has 1 saturated heterocycles. The van der Waals surface area contributed by atoms with E-state index in [-0.39, 0.29) is 0 Å². The SMILES string of the molecule is CC1CCC(CN(CCBr)C2CCC2)O1. The highest BCUT2D eigenvalue weighted by molar-refractivity contribution is 9.09. The number of rotatable bonds is 5. The Hall–Kier alpha value is 0.400. The van der Waals surface area contributed by atoms with E-state index < -0.39 is 0 Å². The summed E-state index contributed by atoms with van der Waals surface area (Å²) in [6.45, 7) is 4.53. The Bertz CT molecular complexity index is 196. The van der Waals surface area contributed by atoms with Gasteiger partial charge in [0, 0.05) is 24.5 Å². The van der Waals surface area contributed by atoms with E-state index in [2.05, 4.69) is 27.8 Å². The lowest BCUT2D eigenvalue weighted by Crippen LogP contribution is -2.45. The molecule has 3 heteroatoms. The highest BCUT2D eigenvalue weighted by Gasteiger charge is 2.29. The van der Waals surface area contributed by atoms with Crippen LogP contribution >= 0.6 is 15.9 Å². The van der Waals surface area contributed by atoms with Gasteiger partial charge in [0.05, 0.1) is 12.2 Å². The average molecular weight is 276 g/mol. The van der Waals surface area contributed by atoms with Gasteiger partial charge in [-0.2, -0.15) is 0 Å². The van der Waals surface area contributed by atoms with E-state index in [0.29, 0.717) is 12.2 Å². The molecule has 0 bridgehead atoms. The van der Waals surface area contributed by atoms with Crippen molar-refractivity contribution in [2.45, 2.75) is 57.3 Å². The fraction of sp³-hybridized carbons (Fsp3) is 1.00. The Balaban J connectivity index is 1.77. The molecule has 15 heavy (non-hydrogen) atoms. The second-order valence-electron chi connectivity index (χ2n) is 4.91. The van der Waals surface area contributed by atoms with Gasteiger partial charge in [0.1, 0.15) is 0 Å². The molecule has 2 fully saturated rings. The molecule has 0 N–H and O–H groups in total. The number of ether oxygens (including phenoxy) is 1. The molecule has 1 aliphatic heterocycles. The first-order valence-electron chi connectivity index (χ1n) is 6.25. The average Bonchev–Trinajstić information content (AvgIpc) is 2.48. The zero-order chi connectivity index (χ0) is 10.7. The molecule has 1 aliphatic carbocycles. The molecule has 0 radical (unpaired) electrons. The molecule has 0 aromatic heterocycles. The number of halogens is 1. The number of hydrogen-bond donors (Lipinski definition) is 0. The maximum atomic E-state index is 5.90. The molecule has 2 aliphatic rings. The van der Waals surface area contributed by atoms with Crippen LogP contribution in [0.2, 0.25) is 0 Å². The fourth-order valence-corrected chi connectivity index (χ4v) is 3.02. The van der Waals surface area contributed by atoms with Gasteiger partial charge in [-0.05, 0) is 32.6 Å². The smallest absolute Gasteiger partial charge is 0.0706 e. The van der Waals surface area contributed by atoms with E-state index in [1.807, 2.05) is 0 Å². The normalized spacial score (nSPS) is 32.2. The van der Waals surface area contributed by atoms with Crippen molar-refractivity contribution < 1.29 is 4.74 Å². The van der Waals surface area contributed by atoms with Crippen LogP contribution in [0.1, 0.15) is 39.0 Å². The monoisotopic (exact) mass is 275 g/mol. The van der Waals surface area contributed by atoms with E-state index >= 15 is 0 Å². The molecular formula is C12H22BrNO. The minimum Gasteiger partial charge on any atom is -0.374 e. The van der Waals surface area contributed by atoms with Crippen LogP contribution in [0.15, 0.2) is 0 Å². The third-order valence-electron chi connectivity index (χ3n) is 3.72. The van der Waals surface area contributed by atoms with Crippen LogP contribution in [-0.4, -0.2) is 41.6 Å². The summed E-state index contributed by atoms with van der Waals surface area (Å²) in [7, 11) is 0. The lowest BCUT2D eigenvalue weighted by Gasteiger charge is -2.38. The molecule has 2 nitrogen and oxygen atoms in total. The lowest BCUT2D eigenvalue weighted by atomic mass is 9.91. The Kier molecular flexibility index (Phi) is 4.47. The summed E-state index contributed by atoms with van der Waals surface area (Å²) in [5.41, 5.74) is 0. The predicted octanol–water partition coefficient (Wildman–Crippen LogP) is 2.80. The zero-order valence-corrected chi connectivity index (χ0v) is 11.2. The largest absolute Gasteiger partial charge is 0.374 e. The van der Waals surface area contributed by atoms with Crippen molar-refractivity contribution in [2.24, 2.45) is 0 Å². The third-order valence-corrected chi connectivity index (χ3v) is 4.08. The van der Waals surface area contributed by atoms with Gasteiger partial charge in [0.15, 0.2) is 0 Å². The summed E-state index contributed by atoms with van der Waals surface area (Å²) in [6.07, 6.45) is 7.71. The summed E-state index contributed by atoms with van der Waals surface area (Å²) in [5.74, 6) is 0. The topological polar surface area (TPSA) is 12.5 Å². The van der Waals surface area contributed by atoms with E-state index in [1.165, 1.54) is 38.6 Å². The van der Waals surface area contributed by atoms with Gasteiger partial charge in [-0.1, -0.05) is 22.4 Å². The van der Waals surface area contributed by atoms with Gasteiger partial charge in [0.25, 0.3) is 0 Å². The fourth-order valence-electron chi connectivity index (χ4n) is 2.56. The highest BCUT2D eigenvalue weighted by Crippen LogP contribution is 2.27. The van der Waals surface area contributed by atoms with Gasteiger partial charge in [0.2, 0.25) is 0 Å². The zero-order valence-electron chi connectivity index (χ0n) is 9.62. The van der Waals surface area contributed by atoms with Crippen molar-refractivity contribution in [1.29, 1.82) is 0 Å². The summed E-state index contributed by atoms with van der Waals surface area (Å²) in [6, 6.07) is 0.849. The van der Waals surface area contributed by atoms with Gasteiger partial charge in [-0.3, -0.25) is 4.90 Å². The maximum absolute atomic E-state index is 5.90. The molecule has 2 atom stereocenters. The number of alkyl halides is 1. The number of nitrogens with zero attached hydrogens (tertiary/aromatic N) is 1. The van der Waals surface area contributed by atoms with Gasteiger partial charge in [-0.15, -0.1) is 0 Å². The first-order chi connectivity index (χ1) is 7.29. The summed E-state index contributed by atoms with van der Waals surface area (Å²) in [5, 5.41) is 1.09. The molecule has 0 aromatic rings. The third kappa shape index (κ3) is 3.18. The first-order valence-corrected chi connectivity index (χ1v) is 7.37. The molecule has 0 aromatic carbocycles. The summed E-state index contributed by atoms with van der Waals surface area (Å²) >= 11 is 3.55. The molecule has 0 amide bonds. The van der Waals surface area contributed by atoms with Crippen molar-refractivity contribution in [3.63, 3.8) is 0 Å². The van der Waals surface area contributed by atoms with Crippen molar-refractivity contribution in [2.75, 3.05) is 18.4 Å². The summed E-state index contributed by atoms with van der Waals surface area (Å²) in [4.78, 5) is 2.63. The minimum absolute atomic E-state index is 0.488. The van der Waals surface area contributed by atoms with Crippen LogP contribution < -0.4 is 0 Å². The molecule has 2 unspecified atom stereocenters. The molecular weight excluding hydrogens is 254 g/mol. The Morgan fingerprint density at radius 1 is 1.27 bits per heavy atom. The second kappa shape index (κ2) is 5.65. The van der Waals surface area contributed by atoms with E-state index in [9.17, 15) is 0 Å². The molecule has 88 valence electrons. The first kappa shape index (κ1) is 11.9. The van der Waals surface area contributed by atoms with E-state index in [0.717, 1.165) is 17.9 Å². The summed E-state index contributed by atoms with van der Waals surface area (Å²) < 4.78 is 5.90. The van der Waals surface area contributed by atoms with Gasteiger partial charge in [-0.25, -0.2) is 0 Å². The van der Waals surface area contributed by atoms with Crippen LogP contribution in [0.3, 0.4) is 0 Å². The quantitative estimate of drug-likeness (QED) is 0.716. The maximum Gasteiger partial charge on any atom is 0.0706 e. The van der Waals surface area contributed by atoms with Gasteiger partial charge < -0.3 is 4.74 Å². The van der Waals surface area contributed by atoms with E-state index in [1.54, 1.807) is 0 Å². The van der Waals surface area contributed by atoms with E-state index in [4.69, 9.17) is 4.74 Å². The molecule has 0 spiro atoms. The molecule has 1 saturated carbocycles. The predicted molar refractivity (Wildman–Crippen MR) is 66.6 cm³/mol. The molecule has 1 heterocycles. The number of hydrogen-bond acceptors (Lipinski definition) is 2. The van der Waals surface area contributed by atoms with Crippen LogP contribution in [0.4, 0.5) is 0 Å². The van der Waals surface area contributed by atoms with Crippen molar-refractivity contribution in [3.05, 3.63) is 0 Å². The molecule has 2 rings (SSSR count). The Morgan fingerprint density at radius 3 is 2.53 bits per heavy atom. The van der Waals surface area contributed by atoms with Crippen LogP contribution in [0.25, 0.3) is 0 Å². The Labute approximate surface area is 101 Å². The highest BCUT2D eigenvalue weighted by atomic mass is 79.9. The van der Waals surface area contributed by atoms with Crippen LogP contribution in [0.5, 0.6) is 0 Å². The van der Waals surface area contributed by atoms with Crippen molar-refractivity contribution in [1.82, 2.24) is 4.90 Å². The lowest BCUT2D eigenvalue weighted by molar-refractivity contribution is 0.0125. The van der Waals surface area contributed by atoms with Crippen LogP contribution in [0, 0.1) is 0 Å².